The molecule has 1 fully saturated rings. The van der Waals surface area contributed by atoms with Crippen molar-refractivity contribution in [2.75, 3.05) is 13.7 Å². The quantitative estimate of drug-likeness (QED) is 0.546. The first-order chi connectivity index (χ1) is 16.5. The molecule has 1 aliphatic rings. The average Bonchev–Trinajstić information content (AvgIpc) is 3.46. The molecule has 3 N–H and O–H groups in total. The van der Waals surface area contributed by atoms with Gasteiger partial charge in [0.2, 0.25) is 0 Å². The Morgan fingerprint density at radius 3 is 2.31 bits per heavy atom. The lowest BCUT2D eigenvalue weighted by molar-refractivity contribution is -0.181. The molecule has 15 heteroatoms. The number of hydrogen-bond acceptors (Lipinski definition) is 7. The Labute approximate surface area is 207 Å². The molecule has 0 spiro atoms. The number of nitrogens with two attached hydrogens (primary N) is 1. The minimum absolute atomic E-state index is 0.00607. The van der Waals surface area contributed by atoms with Crippen molar-refractivity contribution in [3.63, 3.8) is 0 Å². The zero-order chi connectivity index (χ0) is 27.2. The first-order valence-electron chi connectivity index (χ1n) is 10.9. The van der Waals surface area contributed by atoms with Gasteiger partial charge in [-0.3, -0.25) is 9.36 Å². The molecule has 1 aliphatic carbocycles. The molecular formula is C21H28F3N5O6S. The zero-order valence-electron chi connectivity index (χ0n) is 20.4. The highest BCUT2D eigenvalue weighted by atomic mass is 32.1. The van der Waals surface area contributed by atoms with Crippen molar-refractivity contribution in [2.45, 2.75) is 70.9 Å². The number of aromatic nitrogens is 2. The van der Waals surface area contributed by atoms with Crippen LogP contribution in [0.4, 0.5) is 22.8 Å². The Balaban J connectivity index is 2.15. The van der Waals surface area contributed by atoms with Gasteiger partial charge in [-0.15, -0.1) is 11.3 Å². The summed E-state index contributed by atoms with van der Waals surface area (Å²) in [6.07, 6.45) is -6.52. The number of primary amides is 1. The number of halogens is 3. The summed E-state index contributed by atoms with van der Waals surface area (Å²) < 4.78 is 53.2. The highest BCUT2D eigenvalue weighted by Gasteiger charge is 2.66. The molecule has 3 amide bonds. The Morgan fingerprint density at radius 2 is 1.83 bits per heavy atom. The maximum atomic E-state index is 13.9. The Morgan fingerprint density at radius 1 is 1.22 bits per heavy atom. The summed E-state index contributed by atoms with van der Waals surface area (Å²) in [6, 6.07) is -1.04. The molecule has 2 aromatic rings. The number of rotatable bonds is 6. The van der Waals surface area contributed by atoms with Gasteiger partial charge >= 0.3 is 24.0 Å². The molecular weight excluding hydrogens is 507 g/mol. The van der Waals surface area contributed by atoms with E-state index in [1.807, 2.05) is 0 Å². The van der Waals surface area contributed by atoms with Crippen molar-refractivity contribution in [1.29, 1.82) is 0 Å². The predicted molar refractivity (Wildman–Crippen MR) is 125 cm³/mol. The summed E-state index contributed by atoms with van der Waals surface area (Å²) in [5.41, 5.74) is 2.29. The largest absolute Gasteiger partial charge is 0.443 e. The Bertz CT molecular complexity index is 1300. The molecule has 0 aromatic carbocycles. The van der Waals surface area contributed by atoms with Gasteiger partial charge in [-0.25, -0.2) is 29.4 Å². The zero-order valence-corrected chi connectivity index (χ0v) is 21.3. The summed E-state index contributed by atoms with van der Waals surface area (Å²) in [4.78, 5) is 51.1. The van der Waals surface area contributed by atoms with Crippen LogP contribution in [0.1, 0.15) is 44.1 Å². The normalized spacial score (nSPS) is 15.1. The number of nitrogens with zero attached hydrogens (tertiary/aromatic N) is 3. The lowest BCUT2D eigenvalue weighted by atomic mass is 10.2. The molecule has 0 saturated heterocycles. The van der Waals surface area contributed by atoms with Crippen molar-refractivity contribution in [3.05, 3.63) is 31.3 Å². The lowest BCUT2D eigenvalue weighted by Gasteiger charge is -2.24. The number of alkyl halides is 3. The minimum atomic E-state index is -4.80. The fourth-order valence-corrected chi connectivity index (χ4v) is 5.08. The standard InChI is InChI=1S/C21H28F3N5O6S/c1-11-12(10-28(16(25)31)26-17(32)35-19(2,3)4)36-15-13(11)14(30)29(18(33)27(15)8-9-34-5)20(6-7-20)21(22,23)24/h6-10H2,1-5H3,(H2,25,31)(H,26,32). The number of hydrogen-bond donors (Lipinski definition) is 2. The number of hydrazine groups is 1. The van der Waals surface area contributed by atoms with E-state index in [0.717, 1.165) is 20.9 Å². The highest BCUT2D eigenvalue weighted by Crippen LogP contribution is 2.54. The second kappa shape index (κ2) is 9.42. The van der Waals surface area contributed by atoms with Crippen LogP contribution < -0.4 is 22.4 Å². The molecule has 3 rings (SSSR count). The lowest BCUT2D eigenvalue weighted by Crippen LogP contribution is -2.51. The molecule has 0 radical (unpaired) electrons. The Hall–Kier alpha value is -3.07. The fourth-order valence-electron chi connectivity index (χ4n) is 3.78. The van der Waals surface area contributed by atoms with Crippen molar-refractivity contribution in [2.24, 2.45) is 5.73 Å². The summed E-state index contributed by atoms with van der Waals surface area (Å²) in [7, 11) is 1.37. The van der Waals surface area contributed by atoms with Gasteiger partial charge in [0.25, 0.3) is 5.56 Å². The maximum Gasteiger partial charge on any atom is 0.426 e. The summed E-state index contributed by atoms with van der Waals surface area (Å²) in [6.45, 7) is 5.94. The minimum Gasteiger partial charge on any atom is -0.443 e. The van der Waals surface area contributed by atoms with Crippen LogP contribution in [0, 0.1) is 6.92 Å². The van der Waals surface area contributed by atoms with Crippen molar-refractivity contribution in [1.82, 2.24) is 19.6 Å². The number of amides is 3. The maximum absolute atomic E-state index is 13.9. The third-order valence-corrected chi connectivity index (χ3v) is 7.00. The molecule has 0 atom stereocenters. The SMILES string of the molecule is COCCn1c(=O)n(C2(C(F)(F)F)CC2)c(=O)c2c(C)c(CN(NC(=O)OC(C)(C)C)C(N)=O)sc21. The van der Waals surface area contributed by atoms with Gasteiger partial charge in [-0.2, -0.15) is 13.2 Å². The number of aryl methyl sites for hydroxylation is 1. The van der Waals surface area contributed by atoms with Gasteiger partial charge in [0.05, 0.1) is 25.1 Å². The van der Waals surface area contributed by atoms with Crippen LogP contribution in [-0.2, 0) is 28.1 Å². The van der Waals surface area contributed by atoms with Gasteiger partial charge in [0.15, 0.2) is 0 Å². The van der Waals surface area contributed by atoms with E-state index in [9.17, 15) is 32.3 Å². The van der Waals surface area contributed by atoms with Gasteiger partial charge in [0.1, 0.15) is 16.0 Å². The van der Waals surface area contributed by atoms with Crippen LogP contribution in [0.2, 0.25) is 0 Å². The highest BCUT2D eigenvalue weighted by molar-refractivity contribution is 7.18. The second-order valence-electron chi connectivity index (χ2n) is 9.47. The van der Waals surface area contributed by atoms with Crippen molar-refractivity contribution in [3.8, 4) is 0 Å². The van der Waals surface area contributed by atoms with E-state index in [2.05, 4.69) is 5.43 Å². The monoisotopic (exact) mass is 535 g/mol. The third-order valence-electron chi connectivity index (χ3n) is 5.70. The molecule has 2 heterocycles. The van der Waals surface area contributed by atoms with Crippen LogP contribution >= 0.6 is 11.3 Å². The van der Waals surface area contributed by atoms with E-state index in [1.165, 1.54) is 14.0 Å². The van der Waals surface area contributed by atoms with Crippen molar-refractivity contribution < 1.29 is 32.2 Å². The first-order valence-corrected chi connectivity index (χ1v) is 11.8. The van der Waals surface area contributed by atoms with Gasteiger partial charge < -0.3 is 15.2 Å². The molecule has 2 aromatic heterocycles. The predicted octanol–water partition coefficient (Wildman–Crippen LogP) is 2.55. The van der Waals surface area contributed by atoms with E-state index in [4.69, 9.17) is 15.2 Å². The topological polar surface area (TPSA) is 138 Å². The molecule has 0 aliphatic heterocycles. The number of methoxy groups -OCH3 is 1. The van der Waals surface area contributed by atoms with Gasteiger partial charge in [-0.05, 0) is 46.1 Å². The summed E-state index contributed by atoms with van der Waals surface area (Å²) in [5, 5.41) is 0.669. The van der Waals surface area contributed by atoms with E-state index >= 15 is 0 Å². The number of carbonyl (C=O) groups is 2. The second-order valence-corrected chi connectivity index (χ2v) is 10.5. The van der Waals surface area contributed by atoms with Crippen LogP contribution in [0.3, 0.4) is 0 Å². The summed E-state index contributed by atoms with van der Waals surface area (Å²) >= 11 is 0.934. The molecule has 200 valence electrons. The van der Waals surface area contributed by atoms with Gasteiger partial charge in [0, 0.05) is 12.0 Å². The summed E-state index contributed by atoms with van der Waals surface area (Å²) in [5.74, 6) is 0. The Kier molecular flexibility index (Phi) is 7.20. The molecule has 36 heavy (non-hydrogen) atoms. The fraction of sp³-hybridized carbons (Fsp3) is 0.619. The van der Waals surface area contributed by atoms with Crippen molar-refractivity contribution >= 4 is 33.7 Å². The van der Waals surface area contributed by atoms with Crippen LogP contribution in [0.25, 0.3) is 10.2 Å². The number of urea groups is 1. The van der Waals surface area contributed by atoms with Gasteiger partial charge in [-0.1, -0.05) is 0 Å². The van der Waals surface area contributed by atoms with Crippen LogP contribution in [0.5, 0.6) is 0 Å². The van der Waals surface area contributed by atoms with Crippen LogP contribution in [-0.4, -0.2) is 51.8 Å². The molecule has 1 saturated carbocycles. The molecule has 11 nitrogen and oxygen atoms in total. The number of thiophene rings is 1. The molecule has 0 bridgehead atoms. The van der Waals surface area contributed by atoms with E-state index < -0.39 is 40.7 Å². The third kappa shape index (κ3) is 5.07. The number of nitrogens with one attached hydrogen (secondary N) is 1. The average molecular weight is 536 g/mol. The van der Waals surface area contributed by atoms with Crippen LogP contribution in [0.15, 0.2) is 9.59 Å². The smallest absolute Gasteiger partial charge is 0.426 e. The number of ether oxygens (including phenoxy) is 2. The number of fused-ring (bicyclic) bond motifs is 1. The van der Waals surface area contributed by atoms with E-state index in [-0.39, 0.29) is 48.3 Å². The molecule has 0 unspecified atom stereocenters. The first kappa shape index (κ1) is 27.5. The van der Waals surface area contributed by atoms with E-state index in [1.54, 1.807) is 20.8 Å². The van der Waals surface area contributed by atoms with E-state index in [0.29, 0.717) is 9.44 Å². The number of carbonyl (C=O) groups excluding carboxylic acids is 2.